The average molecular weight is 435 g/mol. The summed E-state index contributed by atoms with van der Waals surface area (Å²) in [6, 6.07) is 9.93. The Kier molecular flexibility index (Phi) is 6.52. The van der Waals surface area contributed by atoms with E-state index in [-0.39, 0.29) is 19.1 Å². The summed E-state index contributed by atoms with van der Waals surface area (Å²) in [6.07, 6.45) is 3.35. The van der Waals surface area contributed by atoms with Gasteiger partial charge in [0.05, 0.1) is 62.7 Å². The number of rotatable bonds is 7. The van der Waals surface area contributed by atoms with E-state index in [2.05, 4.69) is 21.1 Å². The highest BCUT2D eigenvalue weighted by atomic mass is 16.5. The van der Waals surface area contributed by atoms with E-state index in [0.717, 1.165) is 22.4 Å². The molecular weight excluding hydrogens is 410 g/mol. The average Bonchev–Trinajstić information content (AvgIpc) is 3.22. The van der Waals surface area contributed by atoms with Crippen molar-refractivity contribution in [3.05, 3.63) is 47.8 Å². The molecule has 1 atom stereocenters. The first-order valence-corrected chi connectivity index (χ1v) is 10.5. The Balaban J connectivity index is 1.73. The number of nitrogens with zero attached hydrogens (tertiary/aromatic N) is 5. The SMILES string of the molecule is CCOC(=O)c1cnc2c(cnn2Cc2ccc(OC)cc2)c1N1CCO[C@H](CC#N)C1. The second-order valence-corrected chi connectivity index (χ2v) is 7.43. The van der Waals surface area contributed by atoms with E-state index in [4.69, 9.17) is 19.5 Å². The van der Waals surface area contributed by atoms with Crippen LogP contribution in [-0.4, -0.2) is 60.3 Å². The van der Waals surface area contributed by atoms with Gasteiger partial charge < -0.3 is 19.1 Å². The lowest BCUT2D eigenvalue weighted by molar-refractivity contribution is 0.0431. The molecule has 9 nitrogen and oxygen atoms in total. The second-order valence-electron chi connectivity index (χ2n) is 7.43. The Morgan fingerprint density at radius 3 is 2.84 bits per heavy atom. The zero-order valence-electron chi connectivity index (χ0n) is 18.2. The molecule has 0 aliphatic carbocycles. The highest BCUT2D eigenvalue weighted by Gasteiger charge is 2.28. The summed E-state index contributed by atoms with van der Waals surface area (Å²) in [5, 5.41) is 14.4. The second kappa shape index (κ2) is 9.66. The maximum atomic E-state index is 12.7. The molecule has 166 valence electrons. The Bertz CT molecular complexity index is 1140. The Morgan fingerprint density at radius 1 is 1.31 bits per heavy atom. The van der Waals surface area contributed by atoms with Gasteiger partial charge in [-0.15, -0.1) is 0 Å². The van der Waals surface area contributed by atoms with Crippen molar-refractivity contribution in [3.63, 3.8) is 0 Å². The van der Waals surface area contributed by atoms with E-state index >= 15 is 0 Å². The molecule has 32 heavy (non-hydrogen) atoms. The van der Waals surface area contributed by atoms with E-state index in [1.807, 2.05) is 28.9 Å². The standard InChI is InChI=1S/C23H25N5O4/c1-3-31-23(29)20-12-25-22-19(21(20)27-10-11-32-18(15-27)8-9-24)13-26-28(22)14-16-4-6-17(30-2)7-5-16/h4-7,12-13,18H,3,8,10-11,14-15H2,1-2H3/t18-/m1/s1. The summed E-state index contributed by atoms with van der Waals surface area (Å²) < 4.78 is 18.0. The minimum absolute atomic E-state index is 0.221. The van der Waals surface area contributed by atoms with Crippen LogP contribution in [-0.2, 0) is 16.0 Å². The van der Waals surface area contributed by atoms with Crippen molar-refractivity contribution in [2.75, 3.05) is 38.3 Å². The van der Waals surface area contributed by atoms with Crippen molar-refractivity contribution < 1.29 is 19.0 Å². The third-order valence-electron chi connectivity index (χ3n) is 5.40. The van der Waals surface area contributed by atoms with Crippen molar-refractivity contribution in [3.8, 4) is 11.8 Å². The Labute approximate surface area is 186 Å². The van der Waals surface area contributed by atoms with Gasteiger partial charge in [0.2, 0.25) is 0 Å². The van der Waals surface area contributed by atoms with Crippen molar-refractivity contribution in [1.29, 1.82) is 5.26 Å². The van der Waals surface area contributed by atoms with Crippen LogP contribution in [0.3, 0.4) is 0 Å². The van der Waals surface area contributed by atoms with Gasteiger partial charge in [0.25, 0.3) is 0 Å². The van der Waals surface area contributed by atoms with Gasteiger partial charge in [-0.05, 0) is 24.6 Å². The molecule has 1 aliphatic rings. The molecule has 3 heterocycles. The number of hydrogen-bond donors (Lipinski definition) is 0. The van der Waals surface area contributed by atoms with Crippen LogP contribution in [0.25, 0.3) is 11.0 Å². The van der Waals surface area contributed by atoms with Gasteiger partial charge in [-0.25, -0.2) is 14.5 Å². The normalized spacial score (nSPS) is 16.0. The minimum Gasteiger partial charge on any atom is -0.497 e. The van der Waals surface area contributed by atoms with Gasteiger partial charge >= 0.3 is 5.97 Å². The van der Waals surface area contributed by atoms with E-state index in [0.29, 0.717) is 37.5 Å². The van der Waals surface area contributed by atoms with Crippen molar-refractivity contribution in [2.45, 2.75) is 26.0 Å². The molecule has 1 saturated heterocycles. The summed E-state index contributed by atoms with van der Waals surface area (Å²) in [4.78, 5) is 19.3. The first-order valence-electron chi connectivity index (χ1n) is 10.5. The van der Waals surface area contributed by atoms with Crippen LogP contribution >= 0.6 is 0 Å². The predicted octanol–water partition coefficient (Wildman–Crippen LogP) is 2.78. The highest BCUT2D eigenvalue weighted by Crippen LogP contribution is 2.32. The number of nitriles is 1. The number of morpholine rings is 1. The summed E-state index contributed by atoms with van der Waals surface area (Å²) in [5.74, 6) is 0.362. The molecule has 0 amide bonds. The molecule has 0 saturated carbocycles. The lowest BCUT2D eigenvalue weighted by Crippen LogP contribution is -2.43. The number of anilines is 1. The molecule has 4 rings (SSSR count). The lowest BCUT2D eigenvalue weighted by atomic mass is 10.1. The monoisotopic (exact) mass is 435 g/mol. The molecule has 0 radical (unpaired) electrons. The quantitative estimate of drug-likeness (QED) is 0.522. The lowest BCUT2D eigenvalue weighted by Gasteiger charge is -2.34. The fourth-order valence-corrected chi connectivity index (χ4v) is 3.88. The van der Waals surface area contributed by atoms with Crippen LogP contribution in [0.15, 0.2) is 36.7 Å². The van der Waals surface area contributed by atoms with Crippen LogP contribution in [0.5, 0.6) is 5.75 Å². The van der Waals surface area contributed by atoms with Gasteiger partial charge in [0.1, 0.15) is 11.3 Å². The summed E-state index contributed by atoms with van der Waals surface area (Å²) in [5.41, 5.74) is 2.84. The van der Waals surface area contributed by atoms with Gasteiger partial charge in [0, 0.05) is 19.3 Å². The number of benzene rings is 1. The molecule has 0 spiro atoms. The predicted molar refractivity (Wildman–Crippen MR) is 118 cm³/mol. The fourth-order valence-electron chi connectivity index (χ4n) is 3.88. The molecule has 3 aromatic rings. The molecule has 0 unspecified atom stereocenters. The molecule has 0 N–H and O–H groups in total. The van der Waals surface area contributed by atoms with Crippen LogP contribution in [0.2, 0.25) is 0 Å². The molecule has 0 bridgehead atoms. The van der Waals surface area contributed by atoms with Crippen LogP contribution in [0.4, 0.5) is 5.69 Å². The van der Waals surface area contributed by atoms with Crippen LogP contribution < -0.4 is 9.64 Å². The maximum Gasteiger partial charge on any atom is 0.341 e. The number of carbonyl (C=O) groups is 1. The number of esters is 1. The van der Waals surface area contributed by atoms with Gasteiger partial charge in [0.15, 0.2) is 5.65 Å². The van der Waals surface area contributed by atoms with Gasteiger partial charge in [-0.2, -0.15) is 10.4 Å². The van der Waals surface area contributed by atoms with Gasteiger partial charge in [-0.1, -0.05) is 12.1 Å². The van der Waals surface area contributed by atoms with E-state index in [1.165, 1.54) is 0 Å². The number of fused-ring (bicyclic) bond motifs is 1. The zero-order chi connectivity index (χ0) is 22.5. The third kappa shape index (κ3) is 4.36. The molecule has 2 aromatic heterocycles. The summed E-state index contributed by atoms with van der Waals surface area (Å²) in [7, 11) is 1.63. The number of ether oxygens (including phenoxy) is 3. The fraction of sp³-hybridized carbons (Fsp3) is 0.391. The minimum atomic E-state index is -0.428. The molecule has 1 aromatic carbocycles. The number of methoxy groups -OCH3 is 1. The third-order valence-corrected chi connectivity index (χ3v) is 5.40. The zero-order valence-corrected chi connectivity index (χ0v) is 18.2. The molecule has 1 fully saturated rings. The molecule has 9 heteroatoms. The maximum absolute atomic E-state index is 12.7. The topological polar surface area (TPSA) is 102 Å². The molecule has 1 aliphatic heterocycles. The number of hydrogen-bond acceptors (Lipinski definition) is 8. The van der Waals surface area contributed by atoms with Crippen molar-refractivity contribution in [2.24, 2.45) is 0 Å². The largest absolute Gasteiger partial charge is 0.497 e. The van der Waals surface area contributed by atoms with Crippen LogP contribution in [0.1, 0.15) is 29.3 Å². The van der Waals surface area contributed by atoms with Crippen LogP contribution in [0, 0.1) is 11.3 Å². The summed E-state index contributed by atoms with van der Waals surface area (Å²) in [6.45, 7) is 4.14. The summed E-state index contributed by atoms with van der Waals surface area (Å²) >= 11 is 0. The van der Waals surface area contributed by atoms with E-state index in [9.17, 15) is 4.79 Å². The number of aromatic nitrogens is 3. The number of carbonyl (C=O) groups excluding carboxylic acids is 1. The number of pyridine rings is 1. The van der Waals surface area contributed by atoms with Gasteiger partial charge in [-0.3, -0.25) is 0 Å². The van der Waals surface area contributed by atoms with Crippen molar-refractivity contribution >= 4 is 22.7 Å². The van der Waals surface area contributed by atoms with E-state index in [1.54, 1.807) is 26.4 Å². The van der Waals surface area contributed by atoms with Crippen molar-refractivity contribution in [1.82, 2.24) is 14.8 Å². The first kappa shape index (κ1) is 21.6. The Hall–Kier alpha value is -3.64. The smallest absolute Gasteiger partial charge is 0.341 e. The van der Waals surface area contributed by atoms with E-state index < -0.39 is 5.97 Å². The highest BCUT2D eigenvalue weighted by molar-refractivity contribution is 6.04. The Morgan fingerprint density at radius 2 is 2.12 bits per heavy atom. The first-order chi connectivity index (χ1) is 15.6. The molecular formula is C23H25N5O4.